The SMILES string of the molecule is Cc1cc2cc([N+](=O)[O-])ccc2c(Cl)n1. The predicted molar refractivity (Wildman–Crippen MR) is 58.1 cm³/mol. The molecule has 0 bridgehead atoms. The summed E-state index contributed by atoms with van der Waals surface area (Å²) >= 11 is 5.91. The summed E-state index contributed by atoms with van der Waals surface area (Å²) in [5.74, 6) is 0. The molecule has 0 N–H and O–H groups in total. The molecular weight excluding hydrogens is 216 g/mol. The Labute approximate surface area is 90.7 Å². The van der Waals surface area contributed by atoms with Gasteiger partial charge in [0, 0.05) is 23.2 Å². The number of non-ortho nitro benzene ring substituents is 1. The van der Waals surface area contributed by atoms with E-state index in [1.165, 1.54) is 12.1 Å². The minimum Gasteiger partial charge on any atom is -0.258 e. The van der Waals surface area contributed by atoms with Crippen molar-refractivity contribution >= 4 is 28.1 Å². The third-order valence-corrected chi connectivity index (χ3v) is 2.40. The number of nitro benzene ring substituents is 1. The molecule has 0 radical (unpaired) electrons. The lowest BCUT2D eigenvalue weighted by Crippen LogP contribution is -1.89. The number of rotatable bonds is 1. The fourth-order valence-corrected chi connectivity index (χ4v) is 1.75. The van der Waals surface area contributed by atoms with Gasteiger partial charge in [0.1, 0.15) is 5.15 Å². The third kappa shape index (κ3) is 1.76. The Kier molecular flexibility index (Phi) is 2.28. The first-order valence-corrected chi connectivity index (χ1v) is 4.67. The number of benzene rings is 1. The maximum atomic E-state index is 10.6. The number of pyridine rings is 1. The van der Waals surface area contributed by atoms with Crippen molar-refractivity contribution in [2.24, 2.45) is 0 Å². The van der Waals surface area contributed by atoms with E-state index in [4.69, 9.17) is 11.6 Å². The molecule has 0 saturated heterocycles. The van der Waals surface area contributed by atoms with Crippen molar-refractivity contribution in [2.75, 3.05) is 0 Å². The summed E-state index contributed by atoms with van der Waals surface area (Å²) in [7, 11) is 0. The van der Waals surface area contributed by atoms with Gasteiger partial charge in [-0.2, -0.15) is 0 Å². The lowest BCUT2D eigenvalue weighted by Gasteiger charge is -2.01. The van der Waals surface area contributed by atoms with Crippen LogP contribution in [0.4, 0.5) is 5.69 Å². The lowest BCUT2D eigenvalue weighted by molar-refractivity contribution is -0.384. The molecule has 0 saturated carbocycles. The zero-order valence-electron chi connectivity index (χ0n) is 7.90. The van der Waals surface area contributed by atoms with E-state index in [1.54, 1.807) is 19.1 Å². The number of hydrogen-bond acceptors (Lipinski definition) is 3. The molecule has 0 spiro atoms. The van der Waals surface area contributed by atoms with Crippen LogP contribution in [0, 0.1) is 17.0 Å². The number of hydrogen-bond donors (Lipinski definition) is 0. The second-order valence-corrected chi connectivity index (χ2v) is 3.58. The van der Waals surface area contributed by atoms with Gasteiger partial charge in [-0.05, 0) is 24.4 Å². The van der Waals surface area contributed by atoms with E-state index >= 15 is 0 Å². The van der Waals surface area contributed by atoms with Crippen LogP contribution in [0.15, 0.2) is 24.3 Å². The number of nitro groups is 1. The van der Waals surface area contributed by atoms with Gasteiger partial charge >= 0.3 is 0 Å². The fraction of sp³-hybridized carbons (Fsp3) is 0.100. The monoisotopic (exact) mass is 222 g/mol. The molecule has 0 unspecified atom stereocenters. The number of nitrogens with zero attached hydrogens (tertiary/aromatic N) is 2. The van der Waals surface area contributed by atoms with Crippen LogP contribution in [0.5, 0.6) is 0 Å². The van der Waals surface area contributed by atoms with Gasteiger partial charge < -0.3 is 0 Å². The molecule has 1 heterocycles. The van der Waals surface area contributed by atoms with Crippen LogP contribution in [-0.2, 0) is 0 Å². The Morgan fingerprint density at radius 1 is 1.40 bits per heavy atom. The Bertz CT molecular complexity index is 554. The summed E-state index contributed by atoms with van der Waals surface area (Å²) < 4.78 is 0. The molecule has 1 aromatic heterocycles. The van der Waals surface area contributed by atoms with Crippen LogP contribution in [0.2, 0.25) is 5.15 Å². The summed E-state index contributed by atoms with van der Waals surface area (Å²) in [5, 5.41) is 12.4. The summed E-state index contributed by atoms with van der Waals surface area (Å²) in [4.78, 5) is 14.2. The van der Waals surface area contributed by atoms with Crippen molar-refractivity contribution < 1.29 is 4.92 Å². The zero-order valence-corrected chi connectivity index (χ0v) is 8.65. The number of aryl methyl sites for hydroxylation is 1. The van der Waals surface area contributed by atoms with Crippen molar-refractivity contribution in [1.29, 1.82) is 0 Å². The second-order valence-electron chi connectivity index (χ2n) is 3.22. The second kappa shape index (κ2) is 3.47. The molecule has 2 aromatic rings. The van der Waals surface area contributed by atoms with Crippen LogP contribution in [0.1, 0.15) is 5.69 Å². The average molecular weight is 223 g/mol. The quantitative estimate of drug-likeness (QED) is 0.423. The van der Waals surface area contributed by atoms with Crippen LogP contribution in [0.25, 0.3) is 10.8 Å². The smallest absolute Gasteiger partial charge is 0.258 e. The summed E-state index contributed by atoms with van der Waals surface area (Å²) in [6, 6.07) is 6.30. The molecule has 0 aliphatic heterocycles. The molecule has 1 aromatic carbocycles. The number of halogens is 1. The zero-order chi connectivity index (χ0) is 11.0. The molecule has 0 atom stereocenters. The topological polar surface area (TPSA) is 56.0 Å². The van der Waals surface area contributed by atoms with E-state index in [9.17, 15) is 10.1 Å². The standard InChI is InChI=1S/C10H7ClN2O2/c1-6-4-7-5-8(13(14)15)2-3-9(7)10(11)12-6/h2-5H,1H3. The Morgan fingerprint density at radius 2 is 2.13 bits per heavy atom. The highest BCUT2D eigenvalue weighted by Gasteiger charge is 2.08. The van der Waals surface area contributed by atoms with E-state index < -0.39 is 4.92 Å². The van der Waals surface area contributed by atoms with Crippen LogP contribution >= 0.6 is 11.6 Å². The van der Waals surface area contributed by atoms with Gasteiger partial charge in [0.05, 0.1) is 4.92 Å². The third-order valence-electron chi connectivity index (χ3n) is 2.11. The van der Waals surface area contributed by atoms with Gasteiger partial charge in [-0.15, -0.1) is 0 Å². The van der Waals surface area contributed by atoms with Gasteiger partial charge in [-0.1, -0.05) is 11.6 Å². The maximum absolute atomic E-state index is 10.6. The van der Waals surface area contributed by atoms with Crippen molar-refractivity contribution in [3.8, 4) is 0 Å². The molecule has 5 heteroatoms. The molecule has 76 valence electrons. The average Bonchev–Trinajstić information content (AvgIpc) is 2.16. The maximum Gasteiger partial charge on any atom is 0.270 e. The van der Waals surface area contributed by atoms with Crippen LogP contribution in [-0.4, -0.2) is 9.91 Å². The van der Waals surface area contributed by atoms with Crippen LogP contribution in [0.3, 0.4) is 0 Å². The molecule has 0 fully saturated rings. The van der Waals surface area contributed by atoms with E-state index in [1.807, 2.05) is 0 Å². The molecular formula is C10H7ClN2O2. The first-order chi connectivity index (χ1) is 7.08. The van der Waals surface area contributed by atoms with Gasteiger partial charge in [0.25, 0.3) is 5.69 Å². The molecule has 4 nitrogen and oxygen atoms in total. The van der Waals surface area contributed by atoms with Gasteiger partial charge in [0.15, 0.2) is 0 Å². The van der Waals surface area contributed by atoms with Crippen molar-refractivity contribution in [3.63, 3.8) is 0 Å². The highest BCUT2D eigenvalue weighted by atomic mass is 35.5. The summed E-state index contributed by atoms with van der Waals surface area (Å²) in [5.41, 5.74) is 0.803. The normalized spacial score (nSPS) is 10.5. The molecule has 0 aliphatic carbocycles. The first kappa shape index (κ1) is 9.86. The van der Waals surface area contributed by atoms with E-state index in [0.717, 1.165) is 16.5 Å². The number of fused-ring (bicyclic) bond motifs is 1. The van der Waals surface area contributed by atoms with Gasteiger partial charge in [-0.3, -0.25) is 10.1 Å². The Hall–Kier alpha value is -1.68. The summed E-state index contributed by atoms with van der Waals surface area (Å²) in [6.07, 6.45) is 0. The lowest BCUT2D eigenvalue weighted by atomic mass is 10.1. The Morgan fingerprint density at radius 3 is 2.80 bits per heavy atom. The Balaban J connectivity index is 2.76. The van der Waals surface area contributed by atoms with E-state index in [0.29, 0.717) is 5.15 Å². The van der Waals surface area contributed by atoms with Crippen molar-refractivity contribution in [1.82, 2.24) is 4.98 Å². The van der Waals surface area contributed by atoms with Gasteiger partial charge in [0.2, 0.25) is 0 Å². The molecule has 0 amide bonds. The van der Waals surface area contributed by atoms with E-state index in [2.05, 4.69) is 4.98 Å². The molecule has 15 heavy (non-hydrogen) atoms. The van der Waals surface area contributed by atoms with Crippen LogP contribution < -0.4 is 0 Å². The summed E-state index contributed by atoms with van der Waals surface area (Å²) in [6.45, 7) is 1.80. The molecule has 0 aliphatic rings. The molecule has 2 rings (SSSR count). The van der Waals surface area contributed by atoms with Crippen molar-refractivity contribution in [3.05, 3.63) is 45.2 Å². The van der Waals surface area contributed by atoms with Gasteiger partial charge in [-0.25, -0.2) is 4.98 Å². The number of aromatic nitrogens is 1. The minimum atomic E-state index is -0.427. The predicted octanol–water partition coefficient (Wildman–Crippen LogP) is 3.10. The minimum absolute atomic E-state index is 0.0594. The largest absolute Gasteiger partial charge is 0.270 e. The van der Waals surface area contributed by atoms with E-state index in [-0.39, 0.29) is 5.69 Å². The fourth-order valence-electron chi connectivity index (χ4n) is 1.44. The highest BCUT2D eigenvalue weighted by molar-refractivity contribution is 6.34. The highest BCUT2D eigenvalue weighted by Crippen LogP contribution is 2.26. The first-order valence-electron chi connectivity index (χ1n) is 4.29. The van der Waals surface area contributed by atoms with Crippen molar-refractivity contribution in [2.45, 2.75) is 6.92 Å².